The molecule has 0 bridgehead atoms. The molecule has 0 aromatic carbocycles. The van der Waals surface area contributed by atoms with E-state index in [1.165, 1.54) is 4.90 Å². The lowest BCUT2D eigenvalue weighted by atomic mass is 10.1. The van der Waals surface area contributed by atoms with Gasteiger partial charge in [0.05, 0.1) is 5.92 Å². The molecule has 24 heavy (non-hydrogen) atoms. The van der Waals surface area contributed by atoms with Crippen LogP contribution in [0.1, 0.15) is 39.0 Å². The van der Waals surface area contributed by atoms with Crippen LogP contribution in [0.25, 0.3) is 0 Å². The largest absolute Gasteiger partial charge is 0.480 e. The molecule has 3 heterocycles. The van der Waals surface area contributed by atoms with E-state index in [-0.39, 0.29) is 24.2 Å². The Kier molecular flexibility index (Phi) is 5.08. The number of rotatable bonds is 5. The average Bonchev–Trinajstić information content (AvgIpc) is 3.27. The van der Waals surface area contributed by atoms with Crippen molar-refractivity contribution in [2.24, 2.45) is 5.92 Å². The zero-order valence-corrected chi connectivity index (χ0v) is 14.3. The summed E-state index contributed by atoms with van der Waals surface area (Å²) < 4.78 is 0. The molecule has 0 aromatic heterocycles. The molecule has 3 atom stereocenters. The summed E-state index contributed by atoms with van der Waals surface area (Å²) >= 11 is 0. The second-order valence-electron chi connectivity index (χ2n) is 7.15. The highest BCUT2D eigenvalue weighted by atomic mass is 16.4. The zero-order valence-electron chi connectivity index (χ0n) is 14.3. The number of aliphatic carboxylic acids is 1. The van der Waals surface area contributed by atoms with Crippen LogP contribution < -0.4 is 0 Å². The maximum Gasteiger partial charge on any atom is 0.326 e. The quantitative estimate of drug-likeness (QED) is 0.785. The molecule has 3 aliphatic heterocycles. The van der Waals surface area contributed by atoms with E-state index in [0.29, 0.717) is 32.1 Å². The number of likely N-dealkylation sites (tertiary alicyclic amines) is 3. The monoisotopic (exact) mass is 337 g/mol. The van der Waals surface area contributed by atoms with Crippen LogP contribution in [0.2, 0.25) is 0 Å². The van der Waals surface area contributed by atoms with Gasteiger partial charge in [0.2, 0.25) is 11.8 Å². The molecule has 0 radical (unpaired) electrons. The van der Waals surface area contributed by atoms with Crippen LogP contribution in [0, 0.1) is 5.92 Å². The Morgan fingerprint density at radius 3 is 2.67 bits per heavy atom. The summed E-state index contributed by atoms with van der Waals surface area (Å²) in [5.41, 5.74) is 0. The third-order valence-corrected chi connectivity index (χ3v) is 5.72. The lowest BCUT2D eigenvalue weighted by molar-refractivity contribution is -0.149. The molecule has 134 valence electrons. The molecule has 0 aliphatic carbocycles. The first-order chi connectivity index (χ1) is 11.5. The Balaban J connectivity index is 1.60. The highest BCUT2D eigenvalue weighted by Gasteiger charge is 2.42. The standard InChI is InChI=1S/C17H27N3O4/c1-2-18-7-3-5-13(18)11-19-10-12(9-15(19)21)16(22)20-8-4-6-14(20)17(23)24/h12-14H,2-11H2,1H3,(H,23,24)/t12-,13+,14-/m0/s1. The van der Waals surface area contributed by atoms with E-state index < -0.39 is 12.0 Å². The highest BCUT2D eigenvalue weighted by Crippen LogP contribution is 2.27. The van der Waals surface area contributed by atoms with Crippen molar-refractivity contribution in [2.75, 3.05) is 32.7 Å². The molecule has 7 nitrogen and oxygen atoms in total. The van der Waals surface area contributed by atoms with E-state index in [1.54, 1.807) is 0 Å². The predicted molar refractivity (Wildman–Crippen MR) is 87.3 cm³/mol. The first-order valence-corrected chi connectivity index (χ1v) is 9.06. The topological polar surface area (TPSA) is 81.2 Å². The zero-order chi connectivity index (χ0) is 17.3. The smallest absolute Gasteiger partial charge is 0.326 e. The van der Waals surface area contributed by atoms with Gasteiger partial charge in [0.1, 0.15) is 6.04 Å². The van der Waals surface area contributed by atoms with Crippen molar-refractivity contribution >= 4 is 17.8 Å². The number of carboxylic acids is 1. The minimum Gasteiger partial charge on any atom is -0.480 e. The van der Waals surface area contributed by atoms with Crippen LogP contribution in [0.3, 0.4) is 0 Å². The van der Waals surface area contributed by atoms with E-state index in [0.717, 1.165) is 32.4 Å². The van der Waals surface area contributed by atoms with Gasteiger partial charge < -0.3 is 14.9 Å². The lowest BCUT2D eigenvalue weighted by Gasteiger charge is -2.28. The predicted octanol–water partition coefficient (Wildman–Crippen LogP) is 0.395. The fraction of sp³-hybridized carbons (Fsp3) is 0.824. The molecule has 3 saturated heterocycles. The van der Waals surface area contributed by atoms with Crippen molar-refractivity contribution in [3.63, 3.8) is 0 Å². The molecular weight excluding hydrogens is 310 g/mol. The molecule has 0 aromatic rings. The number of carboxylic acid groups (broad SMARTS) is 1. The van der Waals surface area contributed by atoms with Crippen LogP contribution >= 0.6 is 0 Å². The van der Waals surface area contributed by atoms with Crippen LogP contribution in [0.15, 0.2) is 0 Å². The van der Waals surface area contributed by atoms with Crippen molar-refractivity contribution in [1.29, 1.82) is 0 Å². The number of hydrogen-bond donors (Lipinski definition) is 1. The molecule has 0 saturated carbocycles. The molecule has 3 aliphatic rings. The third-order valence-electron chi connectivity index (χ3n) is 5.72. The molecule has 7 heteroatoms. The summed E-state index contributed by atoms with van der Waals surface area (Å²) in [6, 6.07) is -0.321. The minimum absolute atomic E-state index is 0.0300. The van der Waals surface area contributed by atoms with Gasteiger partial charge in [-0.2, -0.15) is 0 Å². The lowest BCUT2D eigenvalue weighted by Crippen LogP contribution is -2.45. The van der Waals surface area contributed by atoms with E-state index in [1.807, 2.05) is 4.90 Å². The molecule has 0 unspecified atom stereocenters. The fourth-order valence-corrected chi connectivity index (χ4v) is 4.41. The van der Waals surface area contributed by atoms with Gasteiger partial charge in [-0.25, -0.2) is 4.79 Å². The number of amides is 2. The van der Waals surface area contributed by atoms with Crippen molar-refractivity contribution in [2.45, 2.75) is 51.1 Å². The average molecular weight is 337 g/mol. The molecule has 1 N–H and O–H groups in total. The van der Waals surface area contributed by atoms with Crippen LogP contribution in [-0.4, -0.2) is 82.4 Å². The van der Waals surface area contributed by atoms with Crippen molar-refractivity contribution in [3.8, 4) is 0 Å². The second-order valence-corrected chi connectivity index (χ2v) is 7.15. The van der Waals surface area contributed by atoms with Gasteiger partial charge in [-0.05, 0) is 38.8 Å². The van der Waals surface area contributed by atoms with E-state index in [4.69, 9.17) is 0 Å². The summed E-state index contributed by atoms with van der Waals surface area (Å²) in [5.74, 6) is -1.45. The maximum atomic E-state index is 12.7. The fourth-order valence-electron chi connectivity index (χ4n) is 4.41. The van der Waals surface area contributed by atoms with Crippen LogP contribution in [0.5, 0.6) is 0 Å². The van der Waals surface area contributed by atoms with Crippen LogP contribution in [0.4, 0.5) is 0 Å². The summed E-state index contributed by atoms with van der Waals surface area (Å²) in [6.45, 7) is 5.83. The van der Waals surface area contributed by atoms with Crippen LogP contribution in [-0.2, 0) is 14.4 Å². The second kappa shape index (κ2) is 7.09. The molecule has 0 spiro atoms. The molecule has 3 fully saturated rings. The van der Waals surface area contributed by atoms with Gasteiger partial charge in [0, 0.05) is 32.1 Å². The highest BCUT2D eigenvalue weighted by molar-refractivity contribution is 5.91. The Morgan fingerprint density at radius 2 is 1.96 bits per heavy atom. The molecule has 2 amide bonds. The van der Waals surface area contributed by atoms with Crippen molar-refractivity contribution in [3.05, 3.63) is 0 Å². The van der Waals surface area contributed by atoms with Gasteiger partial charge in [0.15, 0.2) is 0 Å². The minimum atomic E-state index is -0.938. The Labute approximate surface area is 142 Å². The Morgan fingerprint density at radius 1 is 1.21 bits per heavy atom. The maximum absolute atomic E-state index is 12.7. The van der Waals surface area contributed by atoms with Gasteiger partial charge >= 0.3 is 5.97 Å². The number of nitrogens with zero attached hydrogens (tertiary/aromatic N) is 3. The number of hydrogen-bond acceptors (Lipinski definition) is 4. The molecular formula is C17H27N3O4. The first kappa shape index (κ1) is 17.2. The van der Waals surface area contributed by atoms with Gasteiger partial charge in [-0.1, -0.05) is 6.92 Å². The van der Waals surface area contributed by atoms with Gasteiger partial charge in [-0.15, -0.1) is 0 Å². The summed E-state index contributed by atoms with van der Waals surface area (Å²) in [6.07, 6.45) is 3.72. The van der Waals surface area contributed by atoms with E-state index in [2.05, 4.69) is 11.8 Å². The van der Waals surface area contributed by atoms with Crippen molar-refractivity contribution in [1.82, 2.24) is 14.7 Å². The molecule has 3 rings (SSSR count). The Bertz CT molecular complexity index is 524. The van der Waals surface area contributed by atoms with Gasteiger partial charge in [-0.3, -0.25) is 14.5 Å². The summed E-state index contributed by atoms with van der Waals surface area (Å²) in [4.78, 5) is 42.0. The normalized spacial score (nSPS) is 31.2. The van der Waals surface area contributed by atoms with Gasteiger partial charge in [0.25, 0.3) is 0 Å². The third kappa shape index (κ3) is 3.27. The van der Waals surface area contributed by atoms with E-state index >= 15 is 0 Å². The summed E-state index contributed by atoms with van der Waals surface area (Å²) in [5, 5.41) is 9.25. The van der Waals surface area contributed by atoms with E-state index in [9.17, 15) is 19.5 Å². The number of carbonyl (C=O) groups is 3. The summed E-state index contributed by atoms with van der Waals surface area (Å²) in [7, 11) is 0. The Hall–Kier alpha value is -1.63. The number of likely N-dealkylation sites (N-methyl/N-ethyl adjacent to an activating group) is 1. The van der Waals surface area contributed by atoms with Crippen molar-refractivity contribution < 1.29 is 19.5 Å². The first-order valence-electron chi connectivity index (χ1n) is 9.06. The SMILES string of the molecule is CCN1CCC[C@@H]1CN1C[C@@H](C(=O)N2CCC[C@H]2C(=O)O)CC1=O. The number of carbonyl (C=O) groups excluding carboxylic acids is 2.